The van der Waals surface area contributed by atoms with Gasteiger partial charge in [0.1, 0.15) is 16.7 Å². The van der Waals surface area contributed by atoms with E-state index in [4.69, 9.17) is 32.7 Å². The van der Waals surface area contributed by atoms with Gasteiger partial charge in [-0.2, -0.15) is 9.97 Å². The van der Waals surface area contributed by atoms with Crippen LogP contribution >= 0.6 is 23.2 Å². The van der Waals surface area contributed by atoms with Crippen molar-refractivity contribution in [3.63, 3.8) is 0 Å². The molecule has 6 nitrogen and oxygen atoms in total. The van der Waals surface area contributed by atoms with Gasteiger partial charge in [0, 0.05) is 19.7 Å². The Hall–Kier alpha value is -1.44. The van der Waals surface area contributed by atoms with E-state index in [1.807, 2.05) is 18.7 Å². The van der Waals surface area contributed by atoms with Crippen molar-refractivity contribution in [2.45, 2.75) is 26.4 Å². The Morgan fingerprint density at radius 3 is 2.71 bits per heavy atom. The van der Waals surface area contributed by atoms with E-state index in [0.29, 0.717) is 37.5 Å². The second-order valence-corrected chi connectivity index (χ2v) is 6.38. The van der Waals surface area contributed by atoms with Gasteiger partial charge in [-0.05, 0) is 31.9 Å². The van der Waals surface area contributed by atoms with E-state index in [9.17, 15) is 4.39 Å². The van der Waals surface area contributed by atoms with Crippen molar-refractivity contribution in [3.05, 3.63) is 16.3 Å². The summed E-state index contributed by atoms with van der Waals surface area (Å²) in [7, 11) is 0. The smallest absolute Gasteiger partial charge is 0.228 e. The van der Waals surface area contributed by atoms with Crippen molar-refractivity contribution in [2.24, 2.45) is 0 Å². The molecule has 3 heterocycles. The van der Waals surface area contributed by atoms with Crippen molar-refractivity contribution >= 4 is 39.9 Å². The summed E-state index contributed by atoms with van der Waals surface area (Å²) in [6.45, 7) is 6.22. The van der Waals surface area contributed by atoms with Crippen LogP contribution < -0.4 is 9.64 Å². The first-order chi connectivity index (χ1) is 11.5. The van der Waals surface area contributed by atoms with Crippen molar-refractivity contribution in [1.82, 2.24) is 15.0 Å². The number of rotatable bonds is 3. The molecule has 1 saturated heterocycles. The molecule has 3 rings (SSSR count). The third-order valence-electron chi connectivity index (χ3n) is 3.53. The van der Waals surface area contributed by atoms with E-state index in [0.717, 1.165) is 6.42 Å². The molecule has 0 amide bonds. The van der Waals surface area contributed by atoms with Crippen molar-refractivity contribution in [3.8, 4) is 5.88 Å². The summed E-state index contributed by atoms with van der Waals surface area (Å²) < 4.78 is 25.7. The average molecular weight is 375 g/mol. The van der Waals surface area contributed by atoms with Crippen molar-refractivity contribution < 1.29 is 13.9 Å². The molecule has 9 heteroatoms. The summed E-state index contributed by atoms with van der Waals surface area (Å²) in [6.07, 6.45) is 0.658. The predicted molar refractivity (Wildman–Crippen MR) is 90.7 cm³/mol. The molecule has 1 aliphatic heterocycles. The lowest BCUT2D eigenvalue weighted by atomic mass is 10.2. The van der Waals surface area contributed by atoms with Crippen LogP contribution in [0.4, 0.5) is 10.2 Å². The Kier molecular flexibility index (Phi) is 5.22. The van der Waals surface area contributed by atoms with Crippen LogP contribution in [0.5, 0.6) is 5.88 Å². The Morgan fingerprint density at radius 1 is 1.17 bits per heavy atom. The van der Waals surface area contributed by atoms with Gasteiger partial charge < -0.3 is 14.4 Å². The highest BCUT2D eigenvalue weighted by Crippen LogP contribution is 2.36. The van der Waals surface area contributed by atoms with Crippen molar-refractivity contribution in [1.29, 1.82) is 0 Å². The van der Waals surface area contributed by atoms with Crippen LogP contribution in [0.15, 0.2) is 0 Å². The summed E-state index contributed by atoms with van der Waals surface area (Å²) in [6, 6.07) is 0. The molecule has 0 radical (unpaired) electrons. The lowest BCUT2D eigenvalue weighted by molar-refractivity contribution is 0.152. The molecule has 0 atom stereocenters. The summed E-state index contributed by atoms with van der Waals surface area (Å²) in [5.74, 6) is -0.0585. The number of fused-ring (bicyclic) bond motifs is 1. The van der Waals surface area contributed by atoms with Gasteiger partial charge in [0.2, 0.25) is 11.2 Å². The number of anilines is 1. The Balaban J connectivity index is 2.24. The molecule has 0 N–H and O–H groups in total. The summed E-state index contributed by atoms with van der Waals surface area (Å²) in [5, 5.41) is 0.00861. The quantitative estimate of drug-likeness (QED) is 0.605. The zero-order chi connectivity index (χ0) is 17.3. The highest BCUT2D eigenvalue weighted by Gasteiger charge is 2.24. The van der Waals surface area contributed by atoms with E-state index in [2.05, 4.69) is 15.0 Å². The molecule has 24 heavy (non-hydrogen) atoms. The van der Waals surface area contributed by atoms with Crippen LogP contribution in [0.2, 0.25) is 10.4 Å². The van der Waals surface area contributed by atoms with Crippen LogP contribution in [0.25, 0.3) is 10.9 Å². The zero-order valence-corrected chi connectivity index (χ0v) is 14.9. The van der Waals surface area contributed by atoms with Gasteiger partial charge in [0.25, 0.3) is 0 Å². The lowest BCUT2D eigenvalue weighted by Gasteiger charge is -2.23. The van der Waals surface area contributed by atoms with Gasteiger partial charge in [-0.25, -0.2) is 9.37 Å². The SMILES string of the molecule is CC(C)Oc1nc(Cl)c(F)c2nc(Cl)nc(N3CCCOCC3)c12. The maximum absolute atomic E-state index is 14.5. The molecule has 0 saturated carbocycles. The molecule has 1 fully saturated rings. The minimum atomic E-state index is -0.737. The first kappa shape index (κ1) is 17.4. The standard InChI is InChI=1S/C15H17Cl2FN4O2/c1-8(2)24-14-9-11(10(18)12(16)20-14)19-15(17)21-13(9)22-4-3-6-23-7-5-22/h8H,3-7H2,1-2H3. The number of halogens is 3. The predicted octanol–water partition coefficient (Wildman–Crippen LogP) is 3.48. The number of pyridine rings is 1. The fourth-order valence-corrected chi connectivity index (χ4v) is 2.90. The molecular formula is C15H17Cl2FN4O2. The summed E-state index contributed by atoms with van der Waals surface area (Å²) in [4.78, 5) is 14.3. The monoisotopic (exact) mass is 374 g/mol. The summed E-state index contributed by atoms with van der Waals surface area (Å²) in [5.41, 5.74) is 0.00538. The highest BCUT2D eigenvalue weighted by atomic mass is 35.5. The van der Waals surface area contributed by atoms with Gasteiger partial charge in [0.15, 0.2) is 11.0 Å². The summed E-state index contributed by atoms with van der Waals surface area (Å²) >= 11 is 11.9. The van der Waals surface area contributed by atoms with E-state index in [-0.39, 0.29) is 27.9 Å². The number of hydrogen-bond donors (Lipinski definition) is 0. The molecule has 0 spiro atoms. The Labute approximate surface area is 148 Å². The molecule has 2 aromatic rings. The molecule has 130 valence electrons. The molecular weight excluding hydrogens is 358 g/mol. The van der Waals surface area contributed by atoms with Gasteiger partial charge in [0.05, 0.1) is 12.7 Å². The van der Waals surface area contributed by atoms with Crippen molar-refractivity contribution in [2.75, 3.05) is 31.2 Å². The number of ether oxygens (including phenoxy) is 2. The first-order valence-corrected chi connectivity index (χ1v) is 8.44. The number of hydrogen-bond acceptors (Lipinski definition) is 6. The maximum Gasteiger partial charge on any atom is 0.228 e. The van der Waals surface area contributed by atoms with Gasteiger partial charge in [-0.15, -0.1) is 0 Å². The fourth-order valence-electron chi connectivity index (χ4n) is 2.57. The number of nitrogens with zero attached hydrogens (tertiary/aromatic N) is 4. The topological polar surface area (TPSA) is 60.4 Å². The lowest BCUT2D eigenvalue weighted by Crippen LogP contribution is -2.27. The normalized spacial score (nSPS) is 15.8. The average Bonchev–Trinajstić information content (AvgIpc) is 2.80. The van der Waals surface area contributed by atoms with Crippen LogP contribution in [-0.4, -0.2) is 47.4 Å². The maximum atomic E-state index is 14.5. The Bertz CT molecular complexity index is 752. The largest absolute Gasteiger partial charge is 0.474 e. The van der Waals surface area contributed by atoms with Gasteiger partial charge in [-0.3, -0.25) is 0 Å². The van der Waals surface area contributed by atoms with Crippen LogP contribution in [-0.2, 0) is 4.74 Å². The second kappa shape index (κ2) is 7.21. The van der Waals surface area contributed by atoms with Crippen LogP contribution in [0.3, 0.4) is 0 Å². The molecule has 0 aliphatic carbocycles. The highest BCUT2D eigenvalue weighted by molar-refractivity contribution is 6.31. The van der Waals surface area contributed by atoms with Gasteiger partial charge in [-0.1, -0.05) is 11.6 Å². The van der Waals surface area contributed by atoms with Crippen LogP contribution in [0, 0.1) is 5.82 Å². The van der Waals surface area contributed by atoms with Gasteiger partial charge >= 0.3 is 0 Å². The third kappa shape index (κ3) is 3.48. The molecule has 0 unspecified atom stereocenters. The number of aromatic nitrogens is 3. The Morgan fingerprint density at radius 2 is 1.96 bits per heavy atom. The molecule has 0 bridgehead atoms. The molecule has 1 aliphatic rings. The van der Waals surface area contributed by atoms with E-state index < -0.39 is 5.82 Å². The fraction of sp³-hybridized carbons (Fsp3) is 0.533. The zero-order valence-electron chi connectivity index (χ0n) is 13.4. The molecule has 2 aromatic heterocycles. The first-order valence-electron chi connectivity index (χ1n) is 7.69. The minimum absolute atomic E-state index is 0.00538. The third-order valence-corrected chi connectivity index (χ3v) is 3.95. The minimum Gasteiger partial charge on any atom is -0.474 e. The van der Waals surface area contributed by atoms with E-state index in [1.165, 1.54) is 0 Å². The second-order valence-electron chi connectivity index (χ2n) is 5.68. The molecule has 0 aromatic carbocycles. The van der Waals surface area contributed by atoms with Crippen LogP contribution in [0.1, 0.15) is 20.3 Å². The van der Waals surface area contributed by atoms with E-state index in [1.54, 1.807) is 0 Å². The van der Waals surface area contributed by atoms with E-state index >= 15 is 0 Å².